The van der Waals surface area contributed by atoms with Gasteiger partial charge in [-0.2, -0.15) is 0 Å². The number of ether oxygens (including phenoxy) is 4. The molecule has 1 aromatic heterocycles. The zero-order valence-electron chi connectivity index (χ0n) is 17.2. The molecule has 2 aromatic carbocycles. The third-order valence-corrected chi connectivity index (χ3v) is 4.45. The Morgan fingerprint density at radius 2 is 1.60 bits per heavy atom. The van der Waals surface area contributed by atoms with E-state index in [9.17, 15) is 4.79 Å². The van der Waals surface area contributed by atoms with E-state index in [1.54, 1.807) is 51.8 Å². The fraction of sp³-hybridized carbons (Fsp3) is 0.217. The van der Waals surface area contributed by atoms with Crippen molar-refractivity contribution in [2.75, 3.05) is 21.3 Å². The molecular formula is C23H24N2O5. The Kier molecular flexibility index (Phi) is 7.10. The van der Waals surface area contributed by atoms with Gasteiger partial charge in [-0.1, -0.05) is 30.3 Å². The van der Waals surface area contributed by atoms with Crippen LogP contribution in [-0.2, 0) is 13.2 Å². The lowest BCUT2D eigenvalue weighted by molar-refractivity contribution is 0.0950. The summed E-state index contributed by atoms with van der Waals surface area (Å²) in [6, 6.07) is 16.5. The molecule has 0 unspecified atom stereocenters. The smallest absolute Gasteiger partial charge is 0.251 e. The van der Waals surface area contributed by atoms with Gasteiger partial charge >= 0.3 is 0 Å². The molecule has 7 heteroatoms. The van der Waals surface area contributed by atoms with E-state index in [-0.39, 0.29) is 12.5 Å². The number of pyridine rings is 1. The number of methoxy groups -OCH3 is 3. The Hall–Kier alpha value is -3.74. The van der Waals surface area contributed by atoms with E-state index < -0.39 is 0 Å². The maximum Gasteiger partial charge on any atom is 0.251 e. The second kappa shape index (κ2) is 10.2. The molecule has 0 fully saturated rings. The van der Waals surface area contributed by atoms with Crippen LogP contribution >= 0.6 is 0 Å². The number of carbonyl (C=O) groups excluding carboxylic acids is 1. The molecule has 0 aliphatic carbocycles. The first kappa shape index (κ1) is 21.0. The molecule has 0 saturated carbocycles. The Labute approximate surface area is 175 Å². The van der Waals surface area contributed by atoms with E-state index in [4.69, 9.17) is 18.9 Å². The Morgan fingerprint density at radius 1 is 0.900 bits per heavy atom. The van der Waals surface area contributed by atoms with Gasteiger partial charge in [0.15, 0.2) is 11.5 Å². The fourth-order valence-electron chi connectivity index (χ4n) is 2.87. The van der Waals surface area contributed by atoms with Crippen LogP contribution < -0.4 is 24.3 Å². The largest absolute Gasteiger partial charge is 0.496 e. The van der Waals surface area contributed by atoms with Gasteiger partial charge in [-0.25, -0.2) is 4.98 Å². The summed E-state index contributed by atoms with van der Waals surface area (Å²) in [6.45, 7) is 0.632. The summed E-state index contributed by atoms with van der Waals surface area (Å²) in [5, 5.41) is 2.88. The SMILES string of the molecule is COc1cc(OC)c(OC)cc1CNC(=O)c1ccnc(OCc2ccccc2)c1. The van der Waals surface area contributed by atoms with E-state index in [0.717, 1.165) is 11.1 Å². The lowest BCUT2D eigenvalue weighted by atomic mass is 10.1. The highest BCUT2D eigenvalue weighted by Gasteiger charge is 2.14. The van der Waals surface area contributed by atoms with Crippen LogP contribution in [-0.4, -0.2) is 32.2 Å². The van der Waals surface area contributed by atoms with Crippen LogP contribution in [0.25, 0.3) is 0 Å². The van der Waals surface area contributed by atoms with Crippen LogP contribution in [0, 0.1) is 0 Å². The van der Waals surface area contributed by atoms with E-state index in [0.29, 0.717) is 35.3 Å². The molecule has 0 aliphatic heterocycles. The molecular weight excluding hydrogens is 384 g/mol. The molecule has 3 rings (SSSR count). The first-order valence-corrected chi connectivity index (χ1v) is 9.34. The summed E-state index contributed by atoms with van der Waals surface area (Å²) in [7, 11) is 4.67. The maximum absolute atomic E-state index is 12.6. The van der Waals surface area contributed by atoms with Gasteiger partial charge in [0.25, 0.3) is 5.91 Å². The van der Waals surface area contributed by atoms with Crippen molar-refractivity contribution in [2.24, 2.45) is 0 Å². The minimum Gasteiger partial charge on any atom is -0.496 e. The minimum atomic E-state index is -0.251. The summed E-state index contributed by atoms with van der Waals surface area (Å²) in [5.41, 5.74) is 2.24. The van der Waals surface area contributed by atoms with Crippen LogP contribution in [0.15, 0.2) is 60.8 Å². The number of hydrogen-bond donors (Lipinski definition) is 1. The first-order valence-electron chi connectivity index (χ1n) is 9.34. The number of aromatic nitrogens is 1. The van der Waals surface area contributed by atoms with Crippen molar-refractivity contribution in [1.82, 2.24) is 10.3 Å². The van der Waals surface area contributed by atoms with Gasteiger partial charge in [0, 0.05) is 36.0 Å². The second-order valence-corrected chi connectivity index (χ2v) is 6.36. The number of benzene rings is 2. The van der Waals surface area contributed by atoms with E-state index in [1.165, 1.54) is 0 Å². The average Bonchev–Trinajstić information content (AvgIpc) is 2.81. The Morgan fingerprint density at radius 3 is 2.30 bits per heavy atom. The van der Waals surface area contributed by atoms with Crippen molar-refractivity contribution >= 4 is 5.91 Å². The lowest BCUT2D eigenvalue weighted by Gasteiger charge is -2.14. The number of carbonyl (C=O) groups is 1. The number of nitrogens with zero attached hydrogens (tertiary/aromatic N) is 1. The molecule has 156 valence electrons. The van der Waals surface area contributed by atoms with Crippen molar-refractivity contribution in [3.8, 4) is 23.1 Å². The summed E-state index contributed by atoms with van der Waals surface area (Å²) < 4.78 is 21.7. The van der Waals surface area contributed by atoms with Crippen molar-refractivity contribution in [3.63, 3.8) is 0 Å². The van der Waals surface area contributed by atoms with Gasteiger partial charge in [0.05, 0.1) is 21.3 Å². The zero-order chi connectivity index (χ0) is 21.3. The molecule has 30 heavy (non-hydrogen) atoms. The minimum absolute atomic E-state index is 0.251. The van der Waals surface area contributed by atoms with Gasteiger partial charge < -0.3 is 24.3 Å². The van der Waals surface area contributed by atoms with Crippen LogP contribution in [0.1, 0.15) is 21.5 Å². The molecule has 0 radical (unpaired) electrons. The summed E-state index contributed by atoms with van der Waals surface area (Å²) in [4.78, 5) is 16.8. The average molecular weight is 408 g/mol. The topological polar surface area (TPSA) is 78.9 Å². The molecule has 1 N–H and O–H groups in total. The van der Waals surface area contributed by atoms with Crippen LogP contribution in [0.5, 0.6) is 23.1 Å². The number of hydrogen-bond acceptors (Lipinski definition) is 6. The molecule has 3 aromatic rings. The summed E-state index contributed by atoms with van der Waals surface area (Å²) in [6.07, 6.45) is 1.55. The van der Waals surface area contributed by atoms with E-state index in [2.05, 4.69) is 10.3 Å². The van der Waals surface area contributed by atoms with Gasteiger partial charge in [0.1, 0.15) is 12.4 Å². The van der Waals surface area contributed by atoms with Crippen LogP contribution in [0.2, 0.25) is 0 Å². The van der Waals surface area contributed by atoms with Crippen molar-refractivity contribution in [3.05, 3.63) is 77.5 Å². The second-order valence-electron chi connectivity index (χ2n) is 6.36. The molecule has 1 heterocycles. The number of rotatable bonds is 9. The predicted octanol–water partition coefficient (Wildman–Crippen LogP) is 3.62. The fourth-order valence-corrected chi connectivity index (χ4v) is 2.87. The highest BCUT2D eigenvalue weighted by Crippen LogP contribution is 2.34. The molecule has 0 saturated heterocycles. The highest BCUT2D eigenvalue weighted by atomic mass is 16.5. The maximum atomic E-state index is 12.6. The predicted molar refractivity (Wildman–Crippen MR) is 112 cm³/mol. The van der Waals surface area contributed by atoms with Crippen LogP contribution in [0.4, 0.5) is 0 Å². The molecule has 7 nitrogen and oxygen atoms in total. The molecule has 0 bridgehead atoms. The molecule has 0 aliphatic rings. The van der Waals surface area contributed by atoms with Crippen molar-refractivity contribution in [1.29, 1.82) is 0 Å². The van der Waals surface area contributed by atoms with Gasteiger partial charge in [-0.3, -0.25) is 4.79 Å². The third kappa shape index (κ3) is 5.20. The normalized spacial score (nSPS) is 10.2. The van der Waals surface area contributed by atoms with E-state index in [1.807, 2.05) is 30.3 Å². The highest BCUT2D eigenvalue weighted by molar-refractivity contribution is 5.94. The number of amides is 1. The van der Waals surface area contributed by atoms with Gasteiger partial charge in [0.2, 0.25) is 5.88 Å². The monoisotopic (exact) mass is 408 g/mol. The Balaban J connectivity index is 1.66. The third-order valence-electron chi connectivity index (χ3n) is 4.45. The molecule has 0 spiro atoms. The Bertz CT molecular complexity index is 992. The van der Waals surface area contributed by atoms with Crippen molar-refractivity contribution in [2.45, 2.75) is 13.2 Å². The quantitative estimate of drug-likeness (QED) is 0.583. The summed E-state index contributed by atoms with van der Waals surface area (Å²) >= 11 is 0. The van der Waals surface area contributed by atoms with Gasteiger partial charge in [-0.05, 0) is 17.7 Å². The van der Waals surface area contributed by atoms with Crippen LogP contribution in [0.3, 0.4) is 0 Å². The standard InChI is InChI=1S/C23H24N2O5/c1-27-19-13-21(29-3)20(28-2)11-18(19)14-25-23(26)17-9-10-24-22(12-17)30-15-16-7-5-4-6-8-16/h4-13H,14-15H2,1-3H3,(H,25,26). The number of nitrogens with one attached hydrogen (secondary N) is 1. The molecule has 1 amide bonds. The summed E-state index contributed by atoms with van der Waals surface area (Å²) in [5.74, 6) is 1.84. The van der Waals surface area contributed by atoms with E-state index >= 15 is 0 Å². The lowest BCUT2D eigenvalue weighted by Crippen LogP contribution is -2.23. The van der Waals surface area contributed by atoms with Gasteiger partial charge in [-0.15, -0.1) is 0 Å². The van der Waals surface area contributed by atoms with Crippen molar-refractivity contribution < 1.29 is 23.7 Å². The zero-order valence-corrected chi connectivity index (χ0v) is 17.2. The first-order chi connectivity index (χ1) is 14.6. The molecule has 0 atom stereocenters.